The Labute approximate surface area is 122 Å². The van der Waals surface area contributed by atoms with Crippen molar-refractivity contribution >= 4 is 5.91 Å². The van der Waals surface area contributed by atoms with Gasteiger partial charge in [-0.15, -0.1) is 0 Å². The molecule has 1 aliphatic carbocycles. The highest BCUT2D eigenvalue weighted by molar-refractivity contribution is 5.94. The molecular weight excluding hydrogens is 248 g/mol. The topological polar surface area (TPSA) is 32.3 Å². The molecule has 1 aliphatic rings. The highest BCUT2D eigenvalue weighted by Gasteiger charge is 2.27. The Morgan fingerprint density at radius 3 is 2.45 bits per heavy atom. The number of likely N-dealkylation sites (N-methyl/N-ethyl adjacent to an activating group) is 1. The molecule has 1 saturated carbocycles. The first-order valence-corrected chi connectivity index (χ1v) is 7.73. The summed E-state index contributed by atoms with van der Waals surface area (Å²) in [6.45, 7) is 3.96. The minimum Gasteiger partial charge on any atom is -0.334 e. The highest BCUT2D eigenvalue weighted by atomic mass is 16.2. The second-order valence-electron chi connectivity index (χ2n) is 5.88. The maximum Gasteiger partial charge on any atom is 0.254 e. The molecular formula is C17H26N2O. The van der Waals surface area contributed by atoms with Crippen molar-refractivity contribution in [2.24, 2.45) is 5.92 Å². The molecule has 3 nitrogen and oxygen atoms in total. The van der Waals surface area contributed by atoms with Gasteiger partial charge in [-0.3, -0.25) is 4.79 Å². The van der Waals surface area contributed by atoms with Crippen molar-refractivity contribution in [3.63, 3.8) is 0 Å². The van der Waals surface area contributed by atoms with Gasteiger partial charge in [-0.05, 0) is 50.8 Å². The van der Waals surface area contributed by atoms with Crippen LogP contribution in [0.4, 0.5) is 0 Å². The normalized spacial score (nSPS) is 22.5. The Morgan fingerprint density at radius 2 is 1.85 bits per heavy atom. The number of nitrogens with zero attached hydrogens (tertiary/aromatic N) is 1. The molecule has 1 N–H and O–H groups in total. The van der Waals surface area contributed by atoms with E-state index in [9.17, 15) is 4.79 Å². The molecule has 0 aromatic heterocycles. The van der Waals surface area contributed by atoms with Crippen LogP contribution in [0.2, 0.25) is 0 Å². The van der Waals surface area contributed by atoms with E-state index in [1.165, 1.54) is 12.8 Å². The molecule has 0 radical (unpaired) electrons. The number of amides is 1. The molecule has 1 amide bonds. The Bertz CT molecular complexity index is 410. The van der Waals surface area contributed by atoms with Gasteiger partial charge in [-0.25, -0.2) is 0 Å². The zero-order chi connectivity index (χ0) is 14.4. The lowest BCUT2D eigenvalue weighted by Gasteiger charge is -2.36. The Kier molecular flexibility index (Phi) is 5.60. The molecule has 1 aromatic carbocycles. The third-order valence-electron chi connectivity index (χ3n) is 4.31. The van der Waals surface area contributed by atoms with Crippen molar-refractivity contribution in [3.8, 4) is 0 Å². The van der Waals surface area contributed by atoms with E-state index in [1.807, 2.05) is 37.4 Å². The van der Waals surface area contributed by atoms with E-state index in [4.69, 9.17) is 0 Å². The molecule has 0 unspecified atom stereocenters. The van der Waals surface area contributed by atoms with Crippen molar-refractivity contribution in [2.75, 3.05) is 20.1 Å². The summed E-state index contributed by atoms with van der Waals surface area (Å²) in [5, 5.41) is 3.16. The van der Waals surface area contributed by atoms with Crippen LogP contribution < -0.4 is 5.32 Å². The average Bonchev–Trinajstić information content (AvgIpc) is 2.50. The van der Waals surface area contributed by atoms with Crippen molar-refractivity contribution in [2.45, 2.75) is 38.6 Å². The molecule has 0 saturated heterocycles. The largest absolute Gasteiger partial charge is 0.334 e. The van der Waals surface area contributed by atoms with E-state index in [0.717, 1.165) is 37.4 Å². The summed E-state index contributed by atoms with van der Waals surface area (Å²) < 4.78 is 0. The zero-order valence-corrected chi connectivity index (χ0v) is 12.6. The first kappa shape index (κ1) is 15.0. The van der Waals surface area contributed by atoms with Gasteiger partial charge in [0, 0.05) is 24.7 Å². The number of hydrogen-bond donors (Lipinski definition) is 1. The van der Waals surface area contributed by atoms with E-state index in [0.29, 0.717) is 6.04 Å². The minimum absolute atomic E-state index is 0.181. The first-order valence-electron chi connectivity index (χ1n) is 7.73. The van der Waals surface area contributed by atoms with Gasteiger partial charge in [0.05, 0.1) is 0 Å². The monoisotopic (exact) mass is 274 g/mol. The van der Waals surface area contributed by atoms with Gasteiger partial charge >= 0.3 is 0 Å². The number of benzene rings is 1. The van der Waals surface area contributed by atoms with Crippen molar-refractivity contribution in [1.29, 1.82) is 0 Å². The molecule has 1 fully saturated rings. The van der Waals surface area contributed by atoms with Crippen molar-refractivity contribution in [1.82, 2.24) is 10.2 Å². The Balaban J connectivity index is 2.08. The van der Waals surface area contributed by atoms with Crippen molar-refractivity contribution in [3.05, 3.63) is 35.9 Å². The lowest BCUT2D eigenvalue weighted by atomic mass is 9.86. The second-order valence-corrected chi connectivity index (χ2v) is 5.88. The third kappa shape index (κ3) is 3.83. The van der Waals surface area contributed by atoms with Crippen LogP contribution >= 0.6 is 0 Å². The summed E-state index contributed by atoms with van der Waals surface area (Å²) in [4.78, 5) is 14.8. The number of carbonyl (C=O) groups excluding carboxylic acids is 1. The Morgan fingerprint density at radius 1 is 1.20 bits per heavy atom. The SMILES string of the molecule is CNCCN(C(=O)c1ccccc1)C1CCC(C)CC1. The summed E-state index contributed by atoms with van der Waals surface area (Å²) in [6, 6.07) is 10.1. The van der Waals surface area contributed by atoms with E-state index in [-0.39, 0.29) is 5.91 Å². The van der Waals surface area contributed by atoms with E-state index >= 15 is 0 Å². The second kappa shape index (κ2) is 7.44. The predicted octanol–water partition coefficient (Wildman–Crippen LogP) is 2.93. The lowest BCUT2D eigenvalue weighted by Crippen LogP contribution is -2.45. The fourth-order valence-corrected chi connectivity index (χ4v) is 2.98. The molecule has 2 rings (SSSR count). The summed E-state index contributed by atoms with van der Waals surface area (Å²) in [5.74, 6) is 0.990. The van der Waals surface area contributed by atoms with Gasteiger partial charge < -0.3 is 10.2 Å². The van der Waals surface area contributed by atoms with E-state index in [1.54, 1.807) is 0 Å². The molecule has 0 aliphatic heterocycles. The number of hydrogen-bond acceptors (Lipinski definition) is 2. The molecule has 0 bridgehead atoms. The van der Waals surface area contributed by atoms with Crippen LogP contribution in [-0.4, -0.2) is 37.0 Å². The summed E-state index contributed by atoms with van der Waals surface area (Å²) in [5.41, 5.74) is 0.808. The Hall–Kier alpha value is -1.35. The molecule has 0 spiro atoms. The quantitative estimate of drug-likeness (QED) is 0.895. The van der Waals surface area contributed by atoms with Crippen LogP contribution in [0.1, 0.15) is 43.0 Å². The standard InChI is InChI=1S/C17H26N2O/c1-14-8-10-16(11-9-14)19(13-12-18-2)17(20)15-6-4-3-5-7-15/h3-7,14,16,18H,8-13H2,1-2H3. The summed E-state index contributed by atoms with van der Waals surface area (Å²) in [7, 11) is 1.94. The maximum atomic E-state index is 12.7. The molecule has 3 heteroatoms. The lowest BCUT2D eigenvalue weighted by molar-refractivity contribution is 0.0618. The molecule has 0 atom stereocenters. The van der Waals surface area contributed by atoms with Gasteiger partial charge in [0.25, 0.3) is 5.91 Å². The summed E-state index contributed by atoms with van der Waals surface area (Å²) >= 11 is 0. The van der Waals surface area contributed by atoms with Crippen LogP contribution in [0.5, 0.6) is 0 Å². The highest BCUT2D eigenvalue weighted by Crippen LogP contribution is 2.27. The predicted molar refractivity (Wildman–Crippen MR) is 82.8 cm³/mol. The number of carbonyl (C=O) groups is 1. The minimum atomic E-state index is 0.181. The van der Waals surface area contributed by atoms with Crippen molar-refractivity contribution < 1.29 is 4.79 Å². The smallest absolute Gasteiger partial charge is 0.254 e. The van der Waals surface area contributed by atoms with Crippen LogP contribution in [0.3, 0.4) is 0 Å². The van der Waals surface area contributed by atoms with Crippen LogP contribution in [0.15, 0.2) is 30.3 Å². The van der Waals surface area contributed by atoms with Gasteiger partial charge in [-0.2, -0.15) is 0 Å². The fraction of sp³-hybridized carbons (Fsp3) is 0.588. The number of nitrogens with one attached hydrogen (secondary N) is 1. The first-order chi connectivity index (χ1) is 9.72. The van der Waals surface area contributed by atoms with Crippen LogP contribution in [0.25, 0.3) is 0 Å². The van der Waals surface area contributed by atoms with Crippen LogP contribution in [0, 0.1) is 5.92 Å². The zero-order valence-electron chi connectivity index (χ0n) is 12.6. The molecule has 110 valence electrons. The number of rotatable bonds is 5. The van der Waals surface area contributed by atoms with E-state index in [2.05, 4.69) is 17.1 Å². The molecule has 20 heavy (non-hydrogen) atoms. The van der Waals surface area contributed by atoms with Gasteiger partial charge in [0.15, 0.2) is 0 Å². The molecule has 0 heterocycles. The van der Waals surface area contributed by atoms with Gasteiger partial charge in [0.2, 0.25) is 0 Å². The van der Waals surface area contributed by atoms with Crippen LogP contribution in [-0.2, 0) is 0 Å². The van der Waals surface area contributed by atoms with E-state index < -0.39 is 0 Å². The molecule has 1 aromatic rings. The average molecular weight is 274 g/mol. The third-order valence-corrected chi connectivity index (χ3v) is 4.31. The maximum absolute atomic E-state index is 12.7. The van der Waals surface area contributed by atoms with Gasteiger partial charge in [-0.1, -0.05) is 25.1 Å². The van der Waals surface area contributed by atoms with Gasteiger partial charge in [0.1, 0.15) is 0 Å². The fourth-order valence-electron chi connectivity index (χ4n) is 2.98. The summed E-state index contributed by atoms with van der Waals surface area (Å²) in [6.07, 6.45) is 4.76.